The Hall–Kier alpha value is -1.67. The molecule has 1 saturated carbocycles. The highest BCUT2D eigenvalue weighted by Gasteiger charge is 2.35. The molecule has 1 aromatic heterocycles. The zero-order valence-electron chi connectivity index (χ0n) is 13.8. The van der Waals surface area contributed by atoms with E-state index in [1.165, 1.54) is 12.8 Å². The van der Waals surface area contributed by atoms with Gasteiger partial charge in [0.25, 0.3) is 0 Å². The molecule has 1 aromatic rings. The summed E-state index contributed by atoms with van der Waals surface area (Å²) in [7, 11) is 1.67. The van der Waals surface area contributed by atoms with Gasteiger partial charge in [0.05, 0.1) is 25.8 Å². The minimum atomic E-state index is -0.223. The summed E-state index contributed by atoms with van der Waals surface area (Å²) in [4.78, 5) is 14.3. The number of aryl methyl sites for hydroxylation is 1. The number of morpholine rings is 1. The van der Waals surface area contributed by atoms with Gasteiger partial charge in [-0.25, -0.2) is 4.79 Å². The normalized spacial score (nSPS) is 22.9. The van der Waals surface area contributed by atoms with Crippen LogP contribution in [-0.4, -0.2) is 65.2 Å². The van der Waals surface area contributed by atoms with E-state index in [9.17, 15) is 4.79 Å². The van der Waals surface area contributed by atoms with E-state index in [0.717, 1.165) is 12.4 Å². The van der Waals surface area contributed by atoms with Crippen molar-refractivity contribution in [3.8, 4) is 0 Å². The van der Waals surface area contributed by atoms with E-state index in [1.807, 2.05) is 11.5 Å². The standard InChI is InChI=1S/C15H25N5O3/c1-3-19-10-16-18-14(19)13-8-20(6-7-23-13)15(21)17-12(9-22-2)11-4-5-11/h10-13H,3-9H2,1-2H3,(H,17,21)/t12-,13-/m0/s1. The average molecular weight is 323 g/mol. The summed E-state index contributed by atoms with van der Waals surface area (Å²) in [5.41, 5.74) is 0. The highest BCUT2D eigenvalue weighted by Crippen LogP contribution is 2.33. The minimum absolute atomic E-state index is 0.0465. The van der Waals surface area contributed by atoms with Crippen LogP contribution >= 0.6 is 0 Å². The fourth-order valence-electron chi connectivity index (χ4n) is 2.97. The third-order valence-corrected chi connectivity index (χ3v) is 4.47. The molecular formula is C15H25N5O3. The Morgan fingerprint density at radius 1 is 1.57 bits per heavy atom. The summed E-state index contributed by atoms with van der Waals surface area (Å²) in [6.45, 7) is 4.97. The van der Waals surface area contributed by atoms with E-state index < -0.39 is 0 Å². The van der Waals surface area contributed by atoms with Gasteiger partial charge in [0.2, 0.25) is 0 Å². The number of urea groups is 1. The highest BCUT2D eigenvalue weighted by molar-refractivity contribution is 5.74. The van der Waals surface area contributed by atoms with E-state index in [-0.39, 0.29) is 18.2 Å². The van der Waals surface area contributed by atoms with Gasteiger partial charge in [0.1, 0.15) is 12.4 Å². The number of amides is 2. The summed E-state index contributed by atoms with van der Waals surface area (Å²) in [6.07, 6.45) is 3.80. The Kier molecular flexibility index (Phi) is 5.12. The smallest absolute Gasteiger partial charge is 0.317 e. The van der Waals surface area contributed by atoms with Gasteiger partial charge in [-0.15, -0.1) is 10.2 Å². The van der Waals surface area contributed by atoms with Gasteiger partial charge in [-0.05, 0) is 25.7 Å². The lowest BCUT2D eigenvalue weighted by Gasteiger charge is -2.33. The van der Waals surface area contributed by atoms with Crippen LogP contribution in [0, 0.1) is 5.92 Å². The van der Waals surface area contributed by atoms with Crippen molar-refractivity contribution >= 4 is 6.03 Å². The molecule has 0 aromatic carbocycles. The van der Waals surface area contributed by atoms with Crippen LogP contribution in [0.15, 0.2) is 6.33 Å². The van der Waals surface area contributed by atoms with Crippen LogP contribution in [0.1, 0.15) is 31.7 Å². The number of carbonyl (C=O) groups is 1. The SMILES string of the molecule is CCn1cnnc1[C@@H]1CN(C(=O)N[C@@H](COC)C2CC2)CCO1. The quantitative estimate of drug-likeness (QED) is 0.838. The zero-order chi connectivity index (χ0) is 16.2. The van der Waals surface area contributed by atoms with Crippen molar-refractivity contribution in [2.24, 2.45) is 5.92 Å². The Balaban J connectivity index is 1.60. The molecule has 1 aliphatic heterocycles. The van der Waals surface area contributed by atoms with E-state index in [4.69, 9.17) is 9.47 Å². The number of aromatic nitrogens is 3. The number of nitrogens with zero attached hydrogens (tertiary/aromatic N) is 4. The largest absolute Gasteiger partial charge is 0.383 e. The topological polar surface area (TPSA) is 81.5 Å². The van der Waals surface area contributed by atoms with Gasteiger partial charge in [0, 0.05) is 20.2 Å². The summed E-state index contributed by atoms with van der Waals surface area (Å²) in [5, 5.41) is 11.2. The molecule has 0 radical (unpaired) electrons. The van der Waals surface area contributed by atoms with Crippen LogP contribution < -0.4 is 5.32 Å². The van der Waals surface area contributed by atoms with Gasteiger partial charge in [-0.1, -0.05) is 0 Å². The van der Waals surface area contributed by atoms with Crippen LogP contribution in [0.2, 0.25) is 0 Å². The third-order valence-electron chi connectivity index (χ3n) is 4.47. The van der Waals surface area contributed by atoms with Gasteiger partial charge in [-0.3, -0.25) is 0 Å². The molecule has 128 valence electrons. The maximum Gasteiger partial charge on any atom is 0.317 e. The van der Waals surface area contributed by atoms with Gasteiger partial charge in [0.15, 0.2) is 5.82 Å². The van der Waals surface area contributed by atoms with Crippen molar-refractivity contribution in [1.29, 1.82) is 0 Å². The molecule has 1 saturated heterocycles. The summed E-state index contributed by atoms with van der Waals surface area (Å²) >= 11 is 0. The van der Waals surface area contributed by atoms with Crippen molar-refractivity contribution in [2.45, 2.75) is 38.5 Å². The van der Waals surface area contributed by atoms with Crippen LogP contribution in [0.4, 0.5) is 4.79 Å². The molecule has 2 aliphatic rings. The van der Waals surface area contributed by atoms with E-state index in [0.29, 0.717) is 32.2 Å². The summed E-state index contributed by atoms with van der Waals surface area (Å²) in [5.74, 6) is 1.33. The van der Waals surface area contributed by atoms with E-state index >= 15 is 0 Å². The molecule has 0 bridgehead atoms. The van der Waals surface area contributed by atoms with E-state index in [2.05, 4.69) is 15.5 Å². The molecule has 2 fully saturated rings. The maximum atomic E-state index is 12.5. The predicted octanol–water partition coefficient (Wildman–Crippen LogP) is 0.806. The van der Waals surface area contributed by atoms with Gasteiger partial charge < -0.3 is 24.3 Å². The number of hydrogen-bond donors (Lipinski definition) is 1. The molecule has 1 aliphatic carbocycles. The zero-order valence-corrected chi connectivity index (χ0v) is 13.8. The fraction of sp³-hybridized carbons (Fsp3) is 0.800. The number of rotatable bonds is 6. The molecule has 1 N–H and O–H groups in total. The lowest BCUT2D eigenvalue weighted by molar-refractivity contribution is -0.0225. The Morgan fingerprint density at radius 3 is 3.09 bits per heavy atom. The molecule has 2 heterocycles. The molecule has 8 nitrogen and oxygen atoms in total. The second kappa shape index (κ2) is 7.27. The lowest BCUT2D eigenvalue weighted by atomic mass is 10.2. The fourth-order valence-corrected chi connectivity index (χ4v) is 2.97. The first-order valence-electron chi connectivity index (χ1n) is 8.26. The van der Waals surface area contributed by atoms with Crippen molar-refractivity contribution in [1.82, 2.24) is 25.0 Å². The monoisotopic (exact) mass is 323 g/mol. The first-order valence-corrected chi connectivity index (χ1v) is 8.26. The molecular weight excluding hydrogens is 298 g/mol. The summed E-state index contributed by atoms with van der Waals surface area (Å²) < 4.78 is 13.0. The minimum Gasteiger partial charge on any atom is -0.383 e. The number of hydrogen-bond acceptors (Lipinski definition) is 5. The number of methoxy groups -OCH3 is 1. The molecule has 2 amide bonds. The second-order valence-electron chi connectivity index (χ2n) is 6.13. The highest BCUT2D eigenvalue weighted by atomic mass is 16.5. The van der Waals surface area contributed by atoms with Crippen molar-refractivity contribution in [3.05, 3.63) is 12.2 Å². The maximum absolute atomic E-state index is 12.5. The van der Waals surface area contributed by atoms with E-state index in [1.54, 1.807) is 18.3 Å². The molecule has 0 unspecified atom stereocenters. The number of carbonyl (C=O) groups excluding carboxylic acids is 1. The molecule has 23 heavy (non-hydrogen) atoms. The van der Waals surface area contributed by atoms with Crippen molar-refractivity contribution in [3.63, 3.8) is 0 Å². The van der Waals surface area contributed by atoms with Crippen molar-refractivity contribution in [2.75, 3.05) is 33.4 Å². The first-order chi connectivity index (χ1) is 11.2. The van der Waals surface area contributed by atoms with Crippen LogP contribution in [0.3, 0.4) is 0 Å². The van der Waals surface area contributed by atoms with Crippen LogP contribution in [0.5, 0.6) is 0 Å². The molecule has 3 rings (SSSR count). The summed E-state index contributed by atoms with van der Waals surface area (Å²) in [6, 6.07) is 0.0582. The predicted molar refractivity (Wildman–Crippen MR) is 82.9 cm³/mol. The molecule has 0 spiro atoms. The first kappa shape index (κ1) is 16.2. The third kappa shape index (κ3) is 3.81. The van der Waals surface area contributed by atoms with Gasteiger partial charge >= 0.3 is 6.03 Å². The van der Waals surface area contributed by atoms with Gasteiger partial charge in [-0.2, -0.15) is 0 Å². The average Bonchev–Trinajstić information content (AvgIpc) is 3.31. The van der Waals surface area contributed by atoms with Crippen LogP contribution in [-0.2, 0) is 16.0 Å². The Labute approximate surface area is 136 Å². The second-order valence-corrected chi connectivity index (χ2v) is 6.13. The van der Waals surface area contributed by atoms with Crippen molar-refractivity contribution < 1.29 is 14.3 Å². The molecule has 2 atom stereocenters. The molecule has 8 heteroatoms. The number of ether oxygens (including phenoxy) is 2. The Morgan fingerprint density at radius 2 is 2.39 bits per heavy atom. The number of nitrogens with one attached hydrogen (secondary N) is 1. The lowest BCUT2D eigenvalue weighted by Crippen LogP contribution is -2.51. The van der Waals surface area contributed by atoms with Crippen LogP contribution in [0.25, 0.3) is 0 Å². The Bertz CT molecular complexity index is 531.